The van der Waals surface area contributed by atoms with Crippen molar-refractivity contribution in [3.63, 3.8) is 0 Å². The molecule has 1 N–H and O–H groups in total. The molecule has 0 bridgehead atoms. The first kappa shape index (κ1) is 22.4. The second-order valence-corrected chi connectivity index (χ2v) is 10.4. The Morgan fingerprint density at radius 1 is 0.824 bits per heavy atom. The third kappa shape index (κ3) is 4.15. The van der Waals surface area contributed by atoms with Gasteiger partial charge < -0.3 is 14.8 Å². The first-order valence-electron chi connectivity index (χ1n) is 11.3. The van der Waals surface area contributed by atoms with Crippen molar-refractivity contribution in [2.24, 2.45) is 0 Å². The van der Waals surface area contributed by atoms with E-state index in [1.54, 1.807) is 12.1 Å². The van der Waals surface area contributed by atoms with E-state index in [1.807, 2.05) is 60.7 Å². The quantitative estimate of drug-likeness (QED) is 0.603. The molecule has 2 aliphatic heterocycles. The molecule has 34 heavy (non-hydrogen) atoms. The van der Waals surface area contributed by atoms with Gasteiger partial charge in [0.1, 0.15) is 13.2 Å². The first-order valence-corrected chi connectivity index (χ1v) is 12.7. The van der Waals surface area contributed by atoms with E-state index in [2.05, 4.69) is 5.32 Å². The lowest BCUT2D eigenvalue weighted by molar-refractivity contribution is -0.123. The van der Waals surface area contributed by atoms with Gasteiger partial charge in [0.2, 0.25) is 15.9 Å². The van der Waals surface area contributed by atoms with Gasteiger partial charge in [-0.2, -0.15) is 4.31 Å². The van der Waals surface area contributed by atoms with Gasteiger partial charge in [-0.25, -0.2) is 8.42 Å². The molecule has 0 radical (unpaired) electrons. The van der Waals surface area contributed by atoms with Crippen LogP contribution in [0.25, 0.3) is 0 Å². The maximum atomic E-state index is 13.6. The van der Waals surface area contributed by atoms with Gasteiger partial charge in [0.15, 0.2) is 11.5 Å². The highest BCUT2D eigenvalue weighted by Gasteiger charge is 2.45. The molecule has 0 atom stereocenters. The lowest BCUT2D eigenvalue weighted by atomic mass is 9.72. The predicted molar refractivity (Wildman–Crippen MR) is 129 cm³/mol. The molecule has 8 heteroatoms. The summed E-state index contributed by atoms with van der Waals surface area (Å²) in [4.78, 5) is 13.7. The molecule has 0 saturated carbocycles. The number of carbonyl (C=O) groups excluding carboxylic acids is 1. The molecule has 7 nitrogen and oxygen atoms in total. The fraction of sp³-hybridized carbons (Fsp3) is 0.269. The third-order valence-corrected chi connectivity index (χ3v) is 8.41. The predicted octanol–water partition coefficient (Wildman–Crippen LogP) is 3.82. The van der Waals surface area contributed by atoms with Crippen LogP contribution in [0.3, 0.4) is 0 Å². The lowest BCUT2D eigenvalue weighted by Crippen LogP contribution is -2.50. The van der Waals surface area contributed by atoms with Crippen LogP contribution in [0.4, 0.5) is 5.69 Å². The summed E-state index contributed by atoms with van der Waals surface area (Å²) in [5, 5.41) is 3.03. The van der Waals surface area contributed by atoms with Gasteiger partial charge in [-0.3, -0.25) is 4.79 Å². The number of hydrogen-bond acceptors (Lipinski definition) is 5. The summed E-state index contributed by atoms with van der Waals surface area (Å²) < 4.78 is 39.3. The van der Waals surface area contributed by atoms with Gasteiger partial charge in [-0.15, -0.1) is 0 Å². The monoisotopic (exact) mass is 478 g/mol. The van der Waals surface area contributed by atoms with Crippen molar-refractivity contribution >= 4 is 21.6 Å². The van der Waals surface area contributed by atoms with E-state index in [9.17, 15) is 13.2 Å². The number of benzene rings is 3. The standard InChI is InChI=1S/C26H26N2O5S/c29-25(27-21-9-5-2-6-10-21)26(20-7-3-1-4-8-20)13-15-28(16-14-26)34(30,31)22-11-12-23-24(19-22)33-18-17-32-23/h1-12,19H,13-18H2,(H,27,29). The average molecular weight is 479 g/mol. The van der Waals surface area contributed by atoms with Gasteiger partial charge in [0.25, 0.3) is 0 Å². The number of carbonyl (C=O) groups is 1. The minimum Gasteiger partial charge on any atom is -0.486 e. The molecule has 3 aromatic rings. The van der Waals surface area contributed by atoms with Crippen LogP contribution in [0.5, 0.6) is 11.5 Å². The molecule has 0 aliphatic carbocycles. The topological polar surface area (TPSA) is 84.9 Å². The van der Waals surface area contributed by atoms with Crippen LogP contribution >= 0.6 is 0 Å². The number of piperidine rings is 1. The fourth-order valence-electron chi connectivity index (χ4n) is 4.62. The average Bonchev–Trinajstić information content (AvgIpc) is 2.89. The summed E-state index contributed by atoms with van der Waals surface area (Å²) in [5.41, 5.74) is 0.782. The Hall–Kier alpha value is -3.36. The van der Waals surface area contributed by atoms with Crippen LogP contribution in [-0.4, -0.2) is 44.9 Å². The zero-order chi connectivity index (χ0) is 23.6. The Labute approximate surface area is 199 Å². The molecule has 0 unspecified atom stereocenters. The minimum atomic E-state index is -3.75. The molecule has 2 heterocycles. The fourth-order valence-corrected chi connectivity index (χ4v) is 6.08. The van der Waals surface area contributed by atoms with Gasteiger partial charge >= 0.3 is 0 Å². The van der Waals surface area contributed by atoms with Crippen LogP contribution in [0.1, 0.15) is 18.4 Å². The molecule has 1 saturated heterocycles. The van der Waals surface area contributed by atoms with Crippen molar-refractivity contribution in [3.05, 3.63) is 84.4 Å². The van der Waals surface area contributed by atoms with E-state index < -0.39 is 15.4 Å². The van der Waals surface area contributed by atoms with Gasteiger partial charge in [-0.05, 0) is 42.7 Å². The van der Waals surface area contributed by atoms with E-state index in [0.717, 1.165) is 5.56 Å². The Morgan fingerprint density at radius 3 is 2.12 bits per heavy atom. The summed E-state index contributed by atoms with van der Waals surface area (Å²) in [6.07, 6.45) is 0.749. The number of amides is 1. The molecular weight excluding hydrogens is 452 g/mol. The van der Waals surface area contributed by atoms with Gasteiger partial charge in [-0.1, -0.05) is 48.5 Å². The van der Waals surface area contributed by atoms with E-state index >= 15 is 0 Å². The number of fused-ring (bicyclic) bond motifs is 1. The van der Waals surface area contributed by atoms with Gasteiger partial charge in [0.05, 0.1) is 10.3 Å². The summed E-state index contributed by atoms with van der Waals surface area (Å²) in [6.45, 7) is 1.29. The van der Waals surface area contributed by atoms with E-state index in [4.69, 9.17) is 9.47 Å². The van der Waals surface area contributed by atoms with Crippen molar-refractivity contribution in [2.75, 3.05) is 31.6 Å². The summed E-state index contributed by atoms with van der Waals surface area (Å²) >= 11 is 0. The van der Waals surface area contributed by atoms with E-state index in [0.29, 0.717) is 43.2 Å². The normalized spacial score (nSPS) is 17.6. The Bertz CT molecular complexity index is 1270. The first-order chi connectivity index (χ1) is 16.5. The highest BCUT2D eigenvalue weighted by Crippen LogP contribution is 2.39. The van der Waals surface area contributed by atoms with E-state index in [-0.39, 0.29) is 23.9 Å². The maximum Gasteiger partial charge on any atom is 0.243 e. The number of sulfonamides is 1. The molecule has 0 aromatic heterocycles. The highest BCUT2D eigenvalue weighted by molar-refractivity contribution is 7.89. The summed E-state index contributed by atoms with van der Waals surface area (Å²) in [6, 6.07) is 23.6. The number of para-hydroxylation sites is 1. The number of ether oxygens (including phenoxy) is 2. The maximum absolute atomic E-state index is 13.6. The summed E-state index contributed by atoms with van der Waals surface area (Å²) in [7, 11) is -3.75. The van der Waals surface area contributed by atoms with Crippen LogP contribution < -0.4 is 14.8 Å². The SMILES string of the molecule is O=C(Nc1ccccc1)C1(c2ccccc2)CCN(S(=O)(=O)c2ccc3c(c2)OCCO3)CC1. The number of rotatable bonds is 5. The number of nitrogens with one attached hydrogen (secondary N) is 1. The molecular formula is C26H26N2O5S. The molecule has 0 spiro atoms. The summed E-state index contributed by atoms with van der Waals surface area (Å²) in [5.74, 6) is 0.857. The number of hydrogen-bond donors (Lipinski definition) is 1. The molecule has 5 rings (SSSR count). The van der Waals surface area contributed by atoms with Crippen LogP contribution in [0.2, 0.25) is 0 Å². The largest absolute Gasteiger partial charge is 0.486 e. The second kappa shape index (κ2) is 9.12. The smallest absolute Gasteiger partial charge is 0.243 e. The van der Waals surface area contributed by atoms with Crippen molar-refractivity contribution in [2.45, 2.75) is 23.2 Å². The second-order valence-electron chi connectivity index (χ2n) is 8.48. The van der Waals surface area contributed by atoms with Crippen molar-refractivity contribution in [1.82, 2.24) is 4.31 Å². The van der Waals surface area contributed by atoms with E-state index in [1.165, 1.54) is 10.4 Å². The zero-order valence-corrected chi connectivity index (χ0v) is 19.5. The van der Waals surface area contributed by atoms with Crippen molar-refractivity contribution < 1.29 is 22.7 Å². The molecule has 1 amide bonds. The third-order valence-electron chi connectivity index (χ3n) is 6.52. The van der Waals surface area contributed by atoms with Crippen LogP contribution in [0.15, 0.2) is 83.8 Å². The minimum absolute atomic E-state index is 0.124. The Balaban J connectivity index is 1.40. The molecule has 1 fully saturated rings. The number of nitrogens with zero attached hydrogens (tertiary/aromatic N) is 1. The van der Waals surface area contributed by atoms with Crippen molar-refractivity contribution in [3.8, 4) is 11.5 Å². The Morgan fingerprint density at radius 2 is 1.44 bits per heavy atom. The van der Waals surface area contributed by atoms with Crippen LogP contribution in [0, 0.1) is 0 Å². The van der Waals surface area contributed by atoms with Crippen molar-refractivity contribution in [1.29, 1.82) is 0 Å². The lowest BCUT2D eigenvalue weighted by Gasteiger charge is -2.40. The highest BCUT2D eigenvalue weighted by atomic mass is 32.2. The molecule has 2 aliphatic rings. The van der Waals surface area contributed by atoms with Gasteiger partial charge in [0, 0.05) is 24.8 Å². The molecule has 3 aromatic carbocycles. The Kier molecular flexibility index (Phi) is 6.02. The molecule has 176 valence electrons. The zero-order valence-electron chi connectivity index (χ0n) is 18.6. The number of anilines is 1. The van der Waals surface area contributed by atoms with Crippen LogP contribution in [-0.2, 0) is 20.2 Å².